The highest BCUT2D eigenvalue weighted by atomic mass is 35.5. The number of hydrogen-bond acceptors (Lipinski definition) is 4. The lowest BCUT2D eigenvalue weighted by Gasteiger charge is -2.29. The van der Waals surface area contributed by atoms with Gasteiger partial charge in [0.05, 0.1) is 21.8 Å². The summed E-state index contributed by atoms with van der Waals surface area (Å²) in [6, 6.07) is 5.54. The Labute approximate surface area is 173 Å². The predicted molar refractivity (Wildman–Crippen MR) is 112 cm³/mol. The molecule has 0 saturated heterocycles. The summed E-state index contributed by atoms with van der Waals surface area (Å²) < 4.78 is 3.43. The van der Waals surface area contributed by atoms with Crippen molar-refractivity contribution in [1.82, 2.24) is 24.4 Å². The average molecular weight is 414 g/mol. The number of carbonyl (C=O) groups excluding carboxylic acids is 1. The third-order valence-electron chi connectivity index (χ3n) is 5.82. The number of nitrogens with zero attached hydrogens (tertiary/aromatic N) is 4. The normalized spacial score (nSPS) is 19.4. The monoisotopic (exact) mass is 413 g/mol. The van der Waals surface area contributed by atoms with Crippen LogP contribution in [0, 0.1) is 12.8 Å². The third kappa shape index (κ3) is 3.92. The highest BCUT2D eigenvalue weighted by molar-refractivity contribution is 6.30. The van der Waals surface area contributed by atoms with Crippen LogP contribution in [0.5, 0.6) is 0 Å². The quantitative estimate of drug-likeness (QED) is 0.712. The molecule has 1 aliphatic rings. The highest BCUT2D eigenvalue weighted by Gasteiger charge is 2.25. The zero-order valence-electron chi connectivity index (χ0n) is 16.6. The van der Waals surface area contributed by atoms with Crippen molar-refractivity contribution in [2.24, 2.45) is 13.0 Å². The summed E-state index contributed by atoms with van der Waals surface area (Å²) in [6.45, 7) is 2.46. The number of aromatic nitrogens is 4. The number of amides is 1. The first-order chi connectivity index (χ1) is 13.9. The minimum Gasteiger partial charge on any atom is -0.349 e. The van der Waals surface area contributed by atoms with Crippen molar-refractivity contribution in [3.8, 4) is 0 Å². The lowest BCUT2D eigenvalue weighted by molar-refractivity contribution is 0.0919. The number of imidazole rings is 1. The summed E-state index contributed by atoms with van der Waals surface area (Å²) in [7, 11) is 1.78. The fourth-order valence-electron chi connectivity index (χ4n) is 4.15. The van der Waals surface area contributed by atoms with Crippen LogP contribution in [0.1, 0.15) is 41.7 Å². The molecule has 0 radical (unpaired) electrons. The SMILES string of the molecule is Cc1ncc(Cl)cc1C(=O)N[C@H]1CC[C@H](Cn2c(=O)n(C)c3cccnc32)CC1. The van der Waals surface area contributed by atoms with E-state index in [1.54, 1.807) is 41.6 Å². The van der Waals surface area contributed by atoms with Gasteiger partial charge in [-0.3, -0.25) is 18.9 Å². The van der Waals surface area contributed by atoms with Gasteiger partial charge < -0.3 is 5.32 Å². The van der Waals surface area contributed by atoms with Crippen LogP contribution >= 0.6 is 11.6 Å². The van der Waals surface area contributed by atoms with Crippen LogP contribution in [-0.2, 0) is 13.6 Å². The lowest BCUT2D eigenvalue weighted by Crippen LogP contribution is -2.39. The molecular weight excluding hydrogens is 390 g/mol. The van der Waals surface area contributed by atoms with E-state index >= 15 is 0 Å². The van der Waals surface area contributed by atoms with E-state index in [0.29, 0.717) is 28.7 Å². The molecule has 3 heterocycles. The van der Waals surface area contributed by atoms with Gasteiger partial charge in [0.2, 0.25) is 0 Å². The van der Waals surface area contributed by atoms with E-state index < -0.39 is 0 Å². The first kappa shape index (κ1) is 19.6. The van der Waals surface area contributed by atoms with Gasteiger partial charge in [-0.25, -0.2) is 9.78 Å². The summed E-state index contributed by atoms with van der Waals surface area (Å²) in [4.78, 5) is 33.7. The zero-order valence-corrected chi connectivity index (χ0v) is 17.3. The minimum absolute atomic E-state index is 0.0296. The van der Waals surface area contributed by atoms with E-state index in [-0.39, 0.29) is 17.6 Å². The maximum Gasteiger partial charge on any atom is 0.330 e. The molecule has 0 spiro atoms. The van der Waals surface area contributed by atoms with Crippen LogP contribution in [0.15, 0.2) is 35.4 Å². The molecule has 0 unspecified atom stereocenters. The fourth-order valence-corrected chi connectivity index (χ4v) is 4.30. The zero-order chi connectivity index (χ0) is 20.5. The predicted octanol–water partition coefficient (Wildman–Crippen LogP) is 3.08. The standard InChI is InChI=1S/C21H24ClN5O2/c1-13-17(10-15(22)11-24-13)20(28)25-16-7-5-14(6-8-16)12-27-19-18(4-3-9-23-19)26(2)21(27)29/h3-4,9-11,14,16H,5-8,12H2,1-2H3,(H,25,28)/t14-,16-. The first-order valence-corrected chi connectivity index (χ1v) is 10.2. The van der Waals surface area contributed by atoms with E-state index in [9.17, 15) is 9.59 Å². The van der Waals surface area contributed by atoms with E-state index in [0.717, 1.165) is 36.8 Å². The number of nitrogens with one attached hydrogen (secondary N) is 1. The van der Waals surface area contributed by atoms with Gasteiger partial charge in [0.1, 0.15) is 0 Å². The van der Waals surface area contributed by atoms with Gasteiger partial charge in [-0.1, -0.05) is 11.6 Å². The smallest absolute Gasteiger partial charge is 0.330 e. The molecule has 0 atom stereocenters. The summed E-state index contributed by atoms with van der Waals surface area (Å²) in [5.74, 6) is 0.262. The van der Waals surface area contributed by atoms with Gasteiger partial charge >= 0.3 is 5.69 Å². The largest absolute Gasteiger partial charge is 0.349 e. The molecule has 1 fully saturated rings. The Morgan fingerprint density at radius 1 is 1.28 bits per heavy atom. The maximum absolute atomic E-state index is 12.6. The molecule has 1 aliphatic carbocycles. The topological polar surface area (TPSA) is 81.8 Å². The van der Waals surface area contributed by atoms with Crippen molar-refractivity contribution in [3.63, 3.8) is 0 Å². The fraction of sp³-hybridized carbons (Fsp3) is 0.429. The van der Waals surface area contributed by atoms with Crippen LogP contribution in [0.3, 0.4) is 0 Å². The van der Waals surface area contributed by atoms with Gasteiger partial charge in [0.15, 0.2) is 5.65 Å². The number of carbonyl (C=O) groups is 1. The molecule has 0 aliphatic heterocycles. The maximum atomic E-state index is 12.6. The molecule has 0 bridgehead atoms. The van der Waals surface area contributed by atoms with Crippen LogP contribution in [0.2, 0.25) is 5.02 Å². The lowest BCUT2D eigenvalue weighted by atomic mass is 9.86. The van der Waals surface area contributed by atoms with Crippen LogP contribution in [-0.4, -0.2) is 31.1 Å². The average Bonchev–Trinajstić information content (AvgIpc) is 2.96. The summed E-state index contributed by atoms with van der Waals surface area (Å²) in [5, 5.41) is 3.57. The molecule has 29 heavy (non-hydrogen) atoms. The Morgan fingerprint density at radius 2 is 2.03 bits per heavy atom. The third-order valence-corrected chi connectivity index (χ3v) is 6.03. The van der Waals surface area contributed by atoms with Crippen molar-refractivity contribution >= 4 is 28.7 Å². The number of aryl methyl sites for hydroxylation is 2. The van der Waals surface area contributed by atoms with E-state index in [4.69, 9.17) is 11.6 Å². The van der Waals surface area contributed by atoms with E-state index in [2.05, 4.69) is 15.3 Å². The van der Waals surface area contributed by atoms with Crippen LogP contribution in [0.4, 0.5) is 0 Å². The van der Waals surface area contributed by atoms with Crippen molar-refractivity contribution in [3.05, 3.63) is 57.4 Å². The number of fused-ring (bicyclic) bond motifs is 1. The Hall–Kier alpha value is -2.67. The Morgan fingerprint density at radius 3 is 2.79 bits per heavy atom. The first-order valence-electron chi connectivity index (χ1n) is 9.87. The van der Waals surface area contributed by atoms with Gasteiger partial charge in [-0.05, 0) is 56.7 Å². The number of pyridine rings is 2. The van der Waals surface area contributed by atoms with Gasteiger partial charge in [-0.2, -0.15) is 0 Å². The van der Waals surface area contributed by atoms with E-state index in [1.807, 2.05) is 12.1 Å². The van der Waals surface area contributed by atoms with Gasteiger partial charge in [0, 0.05) is 32.0 Å². The van der Waals surface area contributed by atoms with Gasteiger partial charge in [0.25, 0.3) is 5.91 Å². The van der Waals surface area contributed by atoms with Crippen molar-refractivity contribution < 1.29 is 4.79 Å². The molecule has 3 aromatic rings. The second kappa shape index (κ2) is 7.99. The molecule has 1 amide bonds. The van der Waals surface area contributed by atoms with Crippen LogP contribution < -0.4 is 11.0 Å². The molecule has 3 aromatic heterocycles. The van der Waals surface area contributed by atoms with Crippen LogP contribution in [0.25, 0.3) is 11.2 Å². The molecule has 1 saturated carbocycles. The Bertz CT molecular complexity index is 1110. The van der Waals surface area contributed by atoms with Crippen molar-refractivity contribution in [1.29, 1.82) is 0 Å². The number of halogens is 1. The Balaban J connectivity index is 1.39. The molecule has 152 valence electrons. The molecule has 4 rings (SSSR count). The molecule has 0 aromatic carbocycles. The van der Waals surface area contributed by atoms with Gasteiger partial charge in [-0.15, -0.1) is 0 Å². The Kier molecular flexibility index (Phi) is 5.41. The molecule has 7 nitrogen and oxygen atoms in total. The number of rotatable bonds is 4. The second-order valence-electron chi connectivity index (χ2n) is 7.78. The van der Waals surface area contributed by atoms with E-state index in [1.165, 1.54) is 0 Å². The summed E-state index contributed by atoms with van der Waals surface area (Å²) >= 11 is 5.98. The molecular formula is C21H24ClN5O2. The highest BCUT2D eigenvalue weighted by Crippen LogP contribution is 2.27. The van der Waals surface area contributed by atoms with Crippen molar-refractivity contribution in [2.75, 3.05) is 0 Å². The second-order valence-corrected chi connectivity index (χ2v) is 8.21. The van der Waals surface area contributed by atoms with Crippen molar-refractivity contribution in [2.45, 2.75) is 45.2 Å². The number of hydrogen-bond donors (Lipinski definition) is 1. The summed E-state index contributed by atoms with van der Waals surface area (Å²) in [6.07, 6.45) is 6.94. The summed E-state index contributed by atoms with van der Waals surface area (Å²) in [5.41, 5.74) is 2.75. The minimum atomic E-state index is -0.129. The molecule has 1 N–H and O–H groups in total. The molecule has 8 heteroatoms.